The molecule has 0 bridgehead atoms. The first-order chi connectivity index (χ1) is 11.7. The van der Waals surface area contributed by atoms with Crippen LogP contribution in [0.5, 0.6) is 0 Å². The van der Waals surface area contributed by atoms with Gasteiger partial charge in [-0.1, -0.05) is 30.9 Å². The van der Waals surface area contributed by atoms with Crippen LogP contribution in [0.25, 0.3) is 5.69 Å². The maximum absolute atomic E-state index is 6.16. The summed E-state index contributed by atoms with van der Waals surface area (Å²) >= 11 is 6.16. The number of rotatable bonds is 2. The third kappa shape index (κ3) is 2.95. The average Bonchev–Trinajstić information content (AvgIpc) is 2.78. The van der Waals surface area contributed by atoms with Gasteiger partial charge in [-0.25, -0.2) is 4.68 Å². The summed E-state index contributed by atoms with van der Waals surface area (Å²) in [5.74, 6) is 1.86. The molecule has 1 fully saturated rings. The summed E-state index contributed by atoms with van der Waals surface area (Å²) in [5, 5.41) is 9.58. The number of anilines is 1. The lowest BCUT2D eigenvalue weighted by atomic mass is 9.85. The number of aromatic nitrogens is 2. The lowest BCUT2D eigenvalue weighted by molar-refractivity contribution is 0.432. The Kier molecular flexibility index (Phi) is 4.53. The summed E-state index contributed by atoms with van der Waals surface area (Å²) in [5.41, 5.74) is 5.14. The Morgan fingerprint density at radius 2 is 1.96 bits per heavy atom. The molecule has 1 aliphatic heterocycles. The second-order valence-corrected chi connectivity index (χ2v) is 7.71. The SMILES string of the molecule is Cc1cc(Cl)ccc1-n1nc(C2CCCCC2)c2c1NCCCC2. The van der Waals surface area contributed by atoms with E-state index in [1.165, 1.54) is 67.6 Å². The molecule has 1 aromatic carbocycles. The van der Waals surface area contributed by atoms with Gasteiger partial charge in [-0.15, -0.1) is 0 Å². The topological polar surface area (TPSA) is 29.9 Å². The Balaban J connectivity index is 1.82. The van der Waals surface area contributed by atoms with Gasteiger partial charge >= 0.3 is 0 Å². The summed E-state index contributed by atoms with van der Waals surface area (Å²) < 4.78 is 2.15. The van der Waals surface area contributed by atoms with E-state index in [9.17, 15) is 0 Å². The molecule has 0 saturated heterocycles. The number of nitrogens with zero attached hydrogens (tertiary/aromatic N) is 2. The number of hydrogen-bond acceptors (Lipinski definition) is 2. The minimum absolute atomic E-state index is 0.640. The third-order valence-electron chi connectivity index (χ3n) is 5.54. The van der Waals surface area contributed by atoms with E-state index in [2.05, 4.69) is 23.0 Å². The molecule has 0 atom stereocenters. The first-order valence-corrected chi connectivity index (χ1v) is 9.74. The van der Waals surface area contributed by atoms with Crippen LogP contribution < -0.4 is 5.32 Å². The molecule has 128 valence electrons. The van der Waals surface area contributed by atoms with Gasteiger partial charge in [-0.05, 0) is 62.8 Å². The van der Waals surface area contributed by atoms with Gasteiger partial charge in [-0.2, -0.15) is 5.10 Å². The Bertz CT molecular complexity index is 729. The molecule has 0 unspecified atom stereocenters. The van der Waals surface area contributed by atoms with Gasteiger partial charge < -0.3 is 5.32 Å². The molecular weight excluding hydrogens is 318 g/mol. The predicted molar refractivity (Wildman–Crippen MR) is 101 cm³/mol. The standard InChI is InChI=1S/C20H26ClN3/c1-14-13-16(21)10-11-18(14)24-20-17(9-5-6-12-22-20)19(23-24)15-7-3-2-4-8-15/h10-11,13,15,22H,2-9,12H2,1H3. The van der Waals surface area contributed by atoms with Gasteiger partial charge in [0, 0.05) is 23.0 Å². The Labute approximate surface area is 149 Å². The zero-order chi connectivity index (χ0) is 16.5. The van der Waals surface area contributed by atoms with E-state index in [-0.39, 0.29) is 0 Å². The van der Waals surface area contributed by atoms with Crippen molar-refractivity contribution in [3.05, 3.63) is 40.0 Å². The van der Waals surface area contributed by atoms with E-state index in [4.69, 9.17) is 16.7 Å². The van der Waals surface area contributed by atoms with Crippen molar-refractivity contribution in [2.24, 2.45) is 0 Å². The Morgan fingerprint density at radius 3 is 2.75 bits per heavy atom. The van der Waals surface area contributed by atoms with E-state index in [1.54, 1.807) is 0 Å². The minimum Gasteiger partial charge on any atom is -0.370 e. The molecule has 1 aromatic heterocycles. The van der Waals surface area contributed by atoms with Crippen molar-refractivity contribution >= 4 is 17.4 Å². The first kappa shape index (κ1) is 16.0. The number of hydrogen-bond donors (Lipinski definition) is 1. The molecule has 0 spiro atoms. The molecule has 3 nitrogen and oxygen atoms in total. The number of benzene rings is 1. The van der Waals surface area contributed by atoms with Crippen LogP contribution >= 0.6 is 11.6 Å². The van der Waals surface area contributed by atoms with Crippen LogP contribution in [0.15, 0.2) is 18.2 Å². The molecule has 4 heteroatoms. The lowest BCUT2D eigenvalue weighted by Gasteiger charge is -2.20. The molecule has 4 rings (SSSR count). The number of fused-ring (bicyclic) bond motifs is 1. The molecule has 2 aromatic rings. The summed E-state index contributed by atoms with van der Waals surface area (Å²) in [6.45, 7) is 3.15. The molecule has 2 aliphatic rings. The van der Waals surface area contributed by atoms with Crippen molar-refractivity contribution in [3.63, 3.8) is 0 Å². The van der Waals surface area contributed by atoms with E-state index in [0.29, 0.717) is 5.92 Å². The van der Waals surface area contributed by atoms with Crippen LogP contribution in [0.2, 0.25) is 5.02 Å². The molecule has 24 heavy (non-hydrogen) atoms. The lowest BCUT2D eigenvalue weighted by Crippen LogP contribution is -2.09. The van der Waals surface area contributed by atoms with Gasteiger partial charge in [-0.3, -0.25) is 0 Å². The highest BCUT2D eigenvalue weighted by Gasteiger charge is 2.27. The van der Waals surface area contributed by atoms with E-state index >= 15 is 0 Å². The van der Waals surface area contributed by atoms with Crippen molar-refractivity contribution in [1.82, 2.24) is 9.78 Å². The normalized spacial score (nSPS) is 18.8. The fraction of sp³-hybridized carbons (Fsp3) is 0.550. The predicted octanol–water partition coefficient (Wildman–Crippen LogP) is 5.63. The van der Waals surface area contributed by atoms with E-state index in [0.717, 1.165) is 23.7 Å². The van der Waals surface area contributed by atoms with Crippen molar-refractivity contribution in [1.29, 1.82) is 0 Å². The van der Waals surface area contributed by atoms with Gasteiger partial charge in [0.1, 0.15) is 5.82 Å². The molecule has 1 aliphatic carbocycles. The van der Waals surface area contributed by atoms with Crippen molar-refractivity contribution in [2.75, 3.05) is 11.9 Å². The molecular formula is C20H26ClN3. The summed E-state index contributed by atoms with van der Waals surface area (Å²) in [7, 11) is 0. The van der Waals surface area contributed by atoms with Gasteiger partial charge in [0.2, 0.25) is 0 Å². The molecule has 1 N–H and O–H groups in total. The molecule has 1 saturated carbocycles. The molecule has 2 heterocycles. The van der Waals surface area contributed by atoms with Gasteiger partial charge in [0.25, 0.3) is 0 Å². The van der Waals surface area contributed by atoms with Crippen molar-refractivity contribution < 1.29 is 0 Å². The van der Waals surface area contributed by atoms with E-state index in [1.807, 2.05) is 12.1 Å². The van der Waals surface area contributed by atoms with Crippen LogP contribution in [0.4, 0.5) is 5.82 Å². The highest BCUT2D eigenvalue weighted by atomic mass is 35.5. The molecule has 0 radical (unpaired) electrons. The van der Waals surface area contributed by atoms with Crippen LogP contribution in [-0.4, -0.2) is 16.3 Å². The maximum atomic E-state index is 6.16. The minimum atomic E-state index is 0.640. The summed E-state index contributed by atoms with van der Waals surface area (Å²) in [6, 6.07) is 6.10. The van der Waals surface area contributed by atoms with Crippen LogP contribution in [0.1, 0.15) is 67.7 Å². The van der Waals surface area contributed by atoms with Crippen LogP contribution in [0, 0.1) is 6.92 Å². The second-order valence-electron chi connectivity index (χ2n) is 7.27. The summed E-state index contributed by atoms with van der Waals surface area (Å²) in [4.78, 5) is 0. The zero-order valence-corrected chi connectivity index (χ0v) is 15.2. The van der Waals surface area contributed by atoms with E-state index < -0.39 is 0 Å². The average molecular weight is 344 g/mol. The Hall–Kier alpha value is -1.48. The monoisotopic (exact) mass is 343 g/mol. The van der Waals surface area contributed by atoms with Crippen molar-refractivity contribution in [2.45, 2.75) is 64.2 Å². The Morgan fingerprint density at radius 1 is 1.12 bits per heavy atom. The van der Waals surface area contributed by atoms with Crippen LogP contribution in [0.3, 0.4) is 0 Å². The van der Waals surface area contributed by atoms with Gasteiger partial charge in [0.15, 0.2) is 0 Å². The zero-order valence-electron chi connectivity index (χ0n) is 14.4. The number of aryl methyl sites for hydroxylation is 1. The van der Waals surface area contributed by atoms with Gasteiger partial charge in [0.05, 0.1) is 11.4 Å². The maximum Gasteiger partial charge on any atom is 0.133 e. The third-order valence-corrected chi connectivity index (χ3v) is 5.77. The fourth-order valence-electron chi connectivity index (χ4n) is 4.26. The highest BCUT2D eigenvalue weighted by molar-refractivity contribution is 6.30. The second kappa shape index (κ2) is 6.79. The summed E-state index contributed by atoms with van der Waals surface area (Å²) in [6.07, 6.45) is 10.3. The highest BCUT2D eigenvalue weighted by Crippen LogP contribution is 2.39. The molecule has 0 amide bonds. The smallest absolute Gasteiger partial charge is 0.133 e. The fourth-order valence-corrected chi connectivity index (χ4v) is 4.49. The first-order valence-electron chi connectivity index (χ1n) is 9.36. The van der Waals surface area contributed by atoms with Crippen molar-refractivity contribution in [3.8, 4) is 5.69 Å². The quantitative estimate of drug-likeness (QED) is 0.765. The largest absolute Gasteiger partial charge is 0.370 e. The van der Waals surface area contributed by atoms with Crippen LogP contribution in [-0.2, 0) is 6.42 Å². The number of nitrogens with one attached hydrogen (secondary N) is 1. The number of halogens is 1.